The van der Waals surface area contributed by atoms with Crippen molar-refractivity contribution in [1.29, 1.82) is 0 Å². The second-order valence-corrected chi connectivity index (χ2v) is 9.83. The van der Waals surface area contributed by atoms with Gasteiger partial charge < -0.3 is 10.1 Å². The van der Waals surface area contributed by atoms with Gasteiger partial charge in [-0.25, -0.2) is 4.39 Å². The highest BCUT2D eigenvalue weighted by Crippen LogP contribution is 2.40. The van der Waals surface area contributed by atoms with Gasteiger partial charge in [0.1, 0.15) is 17.2 Å². The fraction of sp³-hybridized carbons (Fsp3) is 0.480. The first-order valence-electron chi connectivity index (χ1n) is 11.0. The van der Waals surface area contributed by atoms with Crippen molar-refractivity contribution in [3.63, 3.8) is 0 Å². The maximum atomic E-state index is 14.1. The zero-order chi connectivity index (χ0) is 22.2. The molecule has 0 aromatic heterocycles. The Kier molecular flexibility index (Phi) is 6.27. The van der Waals surface area contributed by atoms with Crippen LogP contribution in [-0.4, -0.2) is 29.5 Å². The molecule has 1 saturated heterocycles. The number of amides is 1. The van der Waals surface area contributed by atoms with E-state index in [9.17, 15) is 9.18 Å². The van der Waals surface area contributed by atoms with Crippen LogP contribution in [0, 0.1) is 18.7 Å². The van der Waals surface area contributed by atoms with Crippen LogP contribution in [0.3, 0.4) is 0 Å². The van der Waals surface area contributed by atoms with E-state index >= 15 is 0 Å². The molecule has 0 radical (unpaired) electrons. The largest absolute Gasteiger partial charge is 0.487 e. The van der Waals surface area contributed by atoms with Crippen LogP contribution in [0.15, 0.2) is 36.4 Å². The molecule has 1 atom stereocenters. The molecule has 0 spiro atoms. The molecule has 166 valence electrons. The zero-order valence-corrected chi connectivity index (χ0v) is 19.1. The predicted octanol–water partition coefficient (Wildman–Crippen LogP) is 5.42. The highest BCUT2D eigenvalue weighted by molar-refractivity contribution is 6.31. The van der Waals surface area contributed by atoms with Crippen LogP contribution in [0.5, 0.6) is 5.75 Å². The molecule has 0 bridgehead atoms. The van der Waals surface area contributed by atoms with E-state index in [-0.39, 0.29) is 29.3 Å². The lowest BCUT2D eigenvalue weighted by atomic mass is 9.88. The van der Waals surface area contributed by atoms with Gasteiger partial charge in [-0.05, 0) is 64.9 Å². The average molecular weight is 445 g/mol. The quantitative estimate of drug-likeness (QED) is 0.684. The first-order valence-corrected chi connectivity index (χ1v) is 11.3. The van der Waals surface area contributed by atoms with E-state index in [1.54, 1.807) is 12.1 Å². The Bertz CT molecular complexity index is 950. The molecule has 4 nitrogen and oxygen atoms in total. The van der Waals surface area contributed by atoms with E-state index in [1.165, 1.54) is 6.07 Å². The minimum absolute atomic E-state index is 0.0356. The second-order valence-electron chi connectivity index (χ2n) is 9.42. The van der Waals surface area contributed by atoms with Crippen molar-refractivity contribution in [2.24, 2.45) is 5.92 Å². The number of aryl methyl sites for hydroxylation is 1. The van der Waals surface area contributed by atoms with Crippen LogP contribution >= 0.6 is 11.6 Å². The Morgan fingerprint density at radius 3 is 2.71 bits per heavy atom. The molecule has 4 rings (SSSR count). The summed E-state index contributed by atoms with van der Waals surface area (Å²) in [6, 6.07) is 10.9. The molecule has 2 aliphatic rings. The monoisotopic (exact) mass is 444 g/mol. The number of likely N-dealkylation sites (tertiary alicyclic amines) is 1. The average Bonchev–Trinajstić information content (AvgIpc) is 2.71. The van der Waals surface area contributed by atoms with Gasteiger partial charge in [0.2, 0.25) is 5.91 Å². The van der Waals surface area contributed by atoms with Crippen LogP contribution in [0.2, 0.25) is 5.02 Å². The standard InChI is InChI=1S/C25H30ClFN2O2/c1-16-7-8-23-18(13-16)22(14-25(2,3)31-23)28-24(30)17-9-11-29(12-10-17)15-19-20(26)5-4-6-21(19)27/h4-8,13,17,22H,9-12,14-15H2,1-3H3,(H,28,30). The molecule has 0 saturated carbocycles. The van der Waals surface area contributed by atoms with E-state index in [0.29, 0.717) is 17.1 Å². The van der Waals surface area contributed by atoms with Crippen molar-refractivity contribution in [2.75, 3.05) is 13.1 Å². The van der Waals surface area contributed by atoms with Gasteiger partial charge in [0.15, 0.2) is 0 Å². The molecule has 2 aromatic carbocycles. The lowest BCUT2D eigenvalue weighted by molar-refractivity contribution is -0.127. The Morgan fingerprint density at radius 2 is 2.00 bits per heavy atom. The lowest BCUT2D eigenvalue weighted by Crippen LogP contribution is -2.45. The first kappa shape index (κ1) is 22.1. The molecule has 31 heavy (non-hydrogen) atoms. The summed E-state index contributed by atoms with van der Waals surface area (Å²) in [5.41, 5.74) is 2.41. The maximum absolute atomic E-state index is 14.1. The predicted molar refractivity (Wildman–Crippen MR) is 121 cm³/mol. The number of rotatable bonds is 4. The van der Waals surface area contributed by atoms with E-state index < -0.39 is 0 Å². The Labute approximate surface area is 188 Å². The van der Waals surface area contributed by atoms with Crippen LogP contribution in [0.1, 0.15) is 55.8 Å². The molecule has 1 fully saturated rings. The van der Waals surface area contributed by atoms with Crippen molar-refractivity contribution >= 4 is 17.5 Å². The summed E-state index contributed by atoms with van der Waals surface area (Å²) in [4.78, 5) is 15.3. The van der Waals surface area contributed by atoms with E-state index in [2.05, 4.69) is 37.1 Å². The summed E-state index contributed by atoms with van der Waals surface area (Å²) in [6.45, 7) is 8.13. The molecule has 6 heteroatoms. The van der Waals surface area contributed by atoms with Crippen LogP contribution in [-0.2, 0) is 11.3 Å². The summed E-state index contributed by atoms with van der Waals surface area (Å²) >= 11 is 6.17. The van der Waals surface area contributed by atoms with Crippen molar-refractivity contribution in [3.8, 4) is 5.75 Å². The fourth-order valence-corrected chi connectivity index (χ4v) is 4.88. The van der Waals surface area contributed by atoms with Crippen molar-refractivity contribution in [1.82, 2.24) is 10.2 Å². The van der Waals surface area contributed by atoms with Crippen molar-refractivity contribution in [3.05, 3.63) is 63.9 Å². The van der Waals surface area contributed by atoms with Crippen LogP contribution in [0.25, 0.3) is 0 Å². The number of fused-ring (bicyclic) bond motifs is 1. The van der Waals surface area contributed by atoms with Crippen molar-refractivity contribution < 1.29 is 13.9 Å². The van der Waals surface area contributed by atoms with Gasteiger partial charge in [0, 0.05) is 35.0 Å². The van der Waals surface area contributed by atoms with Crippen LogP contribution in [0.4, 0.5) is 4.39 Å². The summed E-state index contributed by atoms with van der Waals surface area (Å²) in [6.07, 6.45) is 2.25. The molecule has 0 aliphatic carbocycles. The minimum atomic E-state index is -0.331. The number of piperidine rings is 1. The number of nitrogens with one attached hydrogen (secondary N) is 1. The Hall–Kier alpha value is -2.11. The first-order chi connectivity index (χ1) is 14.7. The number of hydrogen-bond acceptors (Lipinski definition) is 3. The molecular formula is C25H30ClFN2O2. The number of halogens is 2. The fourth-order valence-electron chi connectivity index (χ4n) is 4.65. The van der Waals surface area contributed by atoms with Gasteiger partial charge in [-0.2, -0.15) is 0 Å². The number of carbonyl (C=O) groups excluding carboxylic acids is 1. The van der Waals surface area contributed by atoms with Crippen molar-refractivity contribution in [2.45, 2.75) is 58.2 Å². The highest BCUT2D eigenvalue weighted by Gasteiger charge is 2.36. The molecule has 2 heterocycles. The zero-order valence-electron chi connectivity index (χ0n) is 18.4. The Balaban J connectivity index is 1.38. The normalized spacial score (nSPS) is 21.3. The third kappa shape index (κ3) is 5.04. The second kappa shape index (κ2) is 8.79. The third-order valence-corrected chi connectivity index (χ3v) is 6.70. The SMILES string of the molecule is Cc1ccc2c(c1)C(NC(=O)C1CCN(Cc3c(F)cccc3Cl)CC1)CC(C)(C)O2. The Morgan fingerprint density at radius 1 is 1.26 bits per heavy atom. The molecule has 2 aliphatic heterocycles. The molecule has 1 N–H and O–H groups in total. The topological polar surface area (TPSA) is 41.6 Å². The lowest BCUT2D eigenvalue weighted by Gasteiger charge is -2.39. The number of hydrogen-bond donors (Lipinski definition) is 1. The molecule has 2 aromatic rings. The number of nitrogens with zero attached hydrogens (tertiary/aromatic N) is 1. The molecule has 1 amide bonds. The van der Waals surface area contributed by atoms with E-state index in [1.807, 2.05) is 12.1 Å². The minimum Gasteiger partial charge on any atom is -0.487 e. The van der Waals surface area contributed by atoms with E-state index in [4.69, 9.17) is 16.3 Å². The van der Waals surface area contributed by atoms with Gasteiger partial charge in [0.05, 0.1) is 6.04 Å². The number of ether oxygens (including phenoxy) is 1. The third-order valence-electron chi connectivity index (χ3n) is 6.34. The number of benzene rings is 2. The smallest absolute Gasteiger partial charge is 0.223 e. The molecular weight excluding hydrogens is 415 g/mol. The summed E-state index contributed by atoms with van der Waals surface area (Å²) in [7, 11) is 0. The van der Waals surface area contributed by atoms with Gasteiger partial charge in [-0.3, -0.25) is 9.69 Å². The highest BCUT2D eigenvalue weighted by atomic mass is 35.5. The summed E-state index contributed by atoms with van der Waals surface area (Å²) in [5, 5.41) is 3.75. The van der Waals surface area contributed by atoms with Gasteiger partial charge in [0.25, 0.3) is 0 Å². The summed E-state index contributed by atoms with van der Waals surface area (Å²) in [5.74, 6) is 0.637. The van der Waals surface area contributed by atoms with Gasteiger partial charge in [-0.15, -0.1) is 0 Å². The van der Waals surface area contributed by atoms with Gasteiger partial charge >= 0.3 is 0 Å². The number of carbonyl (C=O) groups is 1. The maximum Gasteiger partial charge on any atom is 0.223 e. The van der Waals surface area contributed by atoms with Gasteiger partial charge in [-0.1, -0.05) is 35.4 Å². The summed E-state index contributed by atoms with van der Waals surface area (Å²) < 4.78 is 20.2. The van der Waals surface area contributed by atoms with E-state index in [0.717, 1.165) is 49.2 Å². The van der Waals surface area contributed by atoms with Crippen LogP contribution < -0.4 is 10.1 Å². The molecule has 1 unspecified atom stereocenters.